The number of nitrogens with zero attached hydrogens (tertiary/aromatic N) is 3. The van der Waals surface area contributed by atoms with E-state index < -0.39 is 0 Å². The van der Waals surface area contributed by atoms with Gasteiger partial charge in [-0.1, -0.05) is 42.1 Å². The zero-order chi connectivity index (χ0) is 22.3. The van der Waals surface area contributed by atoms with Gasteiger partial charge in [0.25, 0.3) is 17.0 Å². The molecule has 8 nitrogen and oxygen atoms in total. The van der Waals surface area contributed by atoms with Gasteiger partial charge in [-0.25, -0.2) is 0 Å². The Balaban J connectivity index is 1.35. The molecule has 0 saturated heterocycles. The van der Waals surface area contributed by atoms with Crippen molar-refractivity contribution in [3.63, 3.8) is 0 Å². The molecule has 0 aliphatic heterocycles. The van der Waals surface area contributed by atoms with Crippen LogP contribution in [-0.2, 0) is 4.79 Å². The molecule has 0 aliphatic rings. The third kappa shape index (κ3) is 5.38. The molecular weight excluding hydrogens is 426 g/mol. The van der Waals surface area contributed by atoms with E-state index in [0.717, 1.165) is 17.3 Å². The van der Waals surface area contributed by atoms with Gasteiger partial charge in [-0.3, -0.25) is 14.6 Å². The van der Waals surface area contributed by atoms with E-state index in [-0.39, 0.29) is 22.8 Å². The first-order chi connectivity index (χ1) is 15.6. The second kappa shape index (κ2) is 9.88. The zero-order valence-electron chi connectivity index (χ0n) is 17.1. The number of thioether (sulfide) groups is 1. The lowest BCUT2D eigenvalue weighted by atomic mass is 10.1. The SMILES string of the molecule is Cc1ccc(NC(=O)CSc2nnc(-c3ccccn3)o2)cc1NC(=O)c1ccccc1. The van der Waals surface area contributed by atoms with Crippen molar-refractivity contribution in [3.8, 4) is 11.6 Å². The molecular formula is C23H19N5O3S. The summed E-state index contributed by atoms with van der Waals surface area (Å²) in [6.07, 6.45) is 1.64. The first kappa shape index (κ1) is 21.3. The molecule has 160 valence electrons. The molecule has 2 heterocycles. The Hall–Kier alpha value is -3.98. The number of aromatic nitrogens is 3. The van der Waals surface area contributed by atoms with Crippen LogP contribution in [0.15, 0.2) is 82.6 Å². The smallest absolute Gasteiger partial charge is 0.277 e. The van der Waals surface area contributed by atoms with E-state index in [0.29, 0.717) is 28.5 Å². The van der Waals surface area contributed by atoms with Gasteiger partial charge in [-0.05, 0) is 48.9 Å². The van der Waals surface area contributed by atoms with Crippen LogP contribution in [-0.4, -0.2) is 32.7 Å². The average Bonchev–Trinajstić information content (AvgIpc) is 3.30. The molecule has 0 saturated carbocycles. The highest BCUT2D eigenvalue weighted by atomic mass is 32.2. The summed E-state index contributed by atoms with van der Waals surface area (Å²) < 4.78 is 5.54. The van der Waals surface area contributed by atoms with Crippen LogP contribution < -0.4 is 10.6 Å². The first-order valence-corrected chi connectivity index (χ1v) is 10.7. The van der Waals surface area contributed by atoms with Gasteiger partial charge >= 0.3 is 0 Å². The molecule has 4 rings (SSSR count). The molecule has 2 aromatic heterocycles. The highest BCUT2D eigenvalue weighted by Gasteiger charge is 2.13. The van der Waals surface area contributed by atoms with Crippen molar-refractivity contribution >= 4 is 35.0 Å². The summed E-state index contributed by atoms with van der Waals surface area (Å²) in [7, 11) is 0. The lowest BCUT2D eigenvalue weighted by Crippen LogP contribution is -2.15. The molecule has 0 atom stereocenters. The Labute approximate surface area is 188 Å². The Morgan fingerprint density at radius 1 is 0.969 bits per heavy atom. The normalized spacial score (nSPS) is 10.5. The van der Waals surface area contributed by atoms with Crippen LogP contribution in [0.3, 0.4) is 0 Å². The molecule has 32 heavy (non-hydrogen) atoms. The third-order valence-electron chi connectivity index (χ3n) is 4.42. The lowest BCUT2D eigenvalue weighted by Gasteiger charge is -2.11. The van der Waals surface area contributed by atoms with Crippen LogP contribution in [0.4, 0.5) is 11.4 Å². The van der Waals surface area contributed by atoms with E-state index in [1.54, 1.807) is 54.7 Å². The van der Waals surface area contributed by atoms with E-state index >= 15 is 0 Å². The molecule has 4 aromatic rings. The maximum Gasteiger partial charge on any atom is 0.277 e. The molecule has 0 bridgehead atoms. The van der Waals surface area contributed by atoms with Gasteiger partial charge in [0.05, 0.1) is 5.75 Å². The quantitative estimate of drug-likeness (QED) is 0.405. The molecule has 0 radical (unpaired) electrons. The van der Waals surface area contributed by atoms with Crippen molar-refractivity contribution in [2.75, 3.05) is 16.4 Å². The summed E-state index contributed by atoms with van der Waals surface area (Å²) >= 11 is 1.13. The zero-order valence-corrected chi connectivity index (χ0v) is 17.9. The van der Waals surface area contributed by atoms with Crippen LogP contribution in [0.2, 0.25) is 0 Å². The van der Waals surface area contributed by atoms with Gasteiger partial charge < -0.3 is 15.1 Å². The Kier molecular flexibility index (Phi) is 6.57. The van der Waals surface area contributed by atoms with E-state index in [4.69, 9.17) is 4.42 Å². The summed E-state index contributed by atoms with van der Waals surface area (Å²) in [6.45, 7) is 1.89. The number of carbonyl (C=O) groups is 2. The van der Waals surface area contributed by atoms with E-state index in [1.165, 1.54) is 0 Å². The number of nitrogens with one attached hydrogen (secondary N) is 2. The van der Waals surface area contributed by atoms with Crippen molar-refractivity contribution in [2.45, 2.75) is 12.1 Å². The van der Waals surface area contributed by atoms with E-state index in [2.05, 4.69) is 25.8 Å². The Morgan fingerprint density at radius 3 is 2.56 bits per heavy atom. The standard InChI is InChI=1S/C23H19N5O3S/c1-15-10-11-17(13-19(15)26-21(30)16-7-3-2-4-8-16)25-20(29)14-32-23-28-27-22(31-23)18-9-5-6-12-24-18/h2-13H,14H2,1H3,(H,25,29)(H,26,30). The van der Waals surface area contributed by atoms with Gasteiger partial charge in [-0.2, -0.15) is 0 Å². The fourth-order valence-electron chi connectivity index (χ4n) is 2.80. The van der Waals surface area contributed by atoms with Crippen LogP contribution in [0, 0.1) is 6.92 Å². The minimum absolute atomic E-state index is 0.0867. The summed E-state index contributed by atoms with van der Waals surface area (Å²) in [6, 6.07) is 19.7. The molecule has 0 unspecified atom stereocenters. The number of pyridine rings is 1. The van der Waals surface area contributed by atoms with Crippen LogP contribution in [0.1, 0.15) is 15.9 Å². The van der Waals surface area contributed by atoms with Gasteiger partial charge in [0.15, 0.2) is 0 Å². The number of amides is 2. The number of rotatable bonds is 7. The third-order valence-corrected chi connectivity index (χ3v) is 5.24. The number of aryl methyl sites for hydroxylation is 1. The largest absolute Gasteiger partial charge is 0.410 e. The van der Waals surface area contributed by atoms with E-state index in [9.17, 15) is 9.59 Å². The van der Waals surface area contributed by atoms with Crippen LogP contribution in [0.25, 0.3) is 11.6 Å². The van der Waals surface area contributed by atoms with Gasteiger partial charge in [0, 0.05) is 23.1 Å². The second-order valence-electron chi connectivity index (χ2n) is 6.77. The molecule has 0 spiro atoms. The Morgan fingerprint density at radius 2 is 1.78 bits per heavy atom. The Bertz CT molecular complexity index is 1230. The summed E-state index contributed by atoms with van der Waals surface area (Å²) in [4.78, 5) is 29.0. The number of benzene rings is 2. The van der Waals surface area contributed by atoms with Crippen molar-refractivity contribution in [3.05, 3.63) is 84.1 Å². The topological polar surface area (TPSA) is 110 Å². The van der Waals surface area contributed by atoms with Crippen molar-refractivity contribution in [1.82, 2.24) is 15.2 Å². The fourth-order valence-corrected chi connectivity index (χ4v) is 3.37. The second-order valence-corrected chi connectivity index (χ2v) is 7.70. The lowest BCUT2D eigenvalue weighted by molar-refractivity contribution is -0.113. The minimum atomic E-state index is -0.239. The van der Waals surface area contributed by atoms with Gasteiger partial charge in [-0.15, -0.1) is 10.2 Å². The molecule has 9 heteroatoms. The molecule has 2 amide bonds. The number of hydrogen-bond acceptors (Lipinski definition) is 7. The van der Waals surface area contributed by atoms with Crippen molar-refractivity contribution in [1.29, 1.82) is 0 Å². The van der Waals surface area contributed by atoms with Gasteiger partial charge in [0.2, 0.25) is 5.91 Å². The molecule has 0 aliphatic carbocycles. The van der Waals surface area contributed by atoms with Gasteiger partial charge in [0.1, 0.15) is 5.69 Å². The number of carbonyl (C=O) groups excluding carboxylic acids is 2. The predicted molar refractivity (Wildman–Crippen MR) is 122 cm³/mol. The predicted octanol–water partition coefficient (Wildman–Crippen LogP) is 4.42. The van der Waals surface area contributed by atoms with Crippen molar-refractivity contribution < 1.29 is 14.0 Å². The highest BCUT2D eigenvalue weighted by Crippen LogP contribution is 2.23. The maximum atomic E-state index is 12.4. The summed E-state index contributed by atoms with van der Waals surface area (Å²) in [5, 5.41) is 13.9. The van der Waals surface area contributed by atoms with Crippen molar-refractivity contribution in [2.24, 2.45) is 0 Å². The fraction of sp³-hybridized carbons (Fsp3) is 0.0870. The first-order valence-electron chi connectivity index (χ1n) is 9.73. The van der Waals surface area contributed by atoms with E-state index in [1.807, 2.05) is 25.1 Å². The number of hydrogen-bond donors (Lipinski definition) is 2. The summed E-state index contributed by atoms with van der Waals surface area (Å²) in [5.74, 6) is -0.0702. The highest BCUT2D eigenvalue weighted by molar-refractivity contribution is 7.99. The molecule has 0 fully saturated rings. The van der Waals surface area contributed by atoms with Crippen LogP contribution >= 0.6 is 11.8 Å². The molecule has 2 N–H and O–H groups in total. The summed E-state index contributed by atoms with van der Waals surface area (Å²) in [5.41, 5.74) is 3.21. The maximum absolute atomic E-state index is 12.4. The van der Waals surface area contributed by atoms with Crippen LogP contribution in [0.5, 0.6) is 0 Å². The minimum Gasteiger partial charge on any atom is -0.410 e. The number of anilines is 2. The molecule has 2 aromatic carbocycles. The monoisotopic (exact) mass is 445 g/mol. The average molecular weight is 446 g/mol.